The summed E-state index contributed by atoms with van der Waals surface area (Å²) in [6, 6.07) is 7.95. The van der Waals surface area contributed by atoms with Crippen LogP contribution in [0.25, 0.3) is 0 Å². The molecular formula is C15H16FNOS. The lowest BCUT2D eigenvalue weighted by Gasteiger charge is -2.14. The maximum atomic E-state index is 13.1. The molecule has 1 amide bonds. The Labute approximate surface area is 116 Å². The number of carbonyl (C=O) groups is 1. The van der Waals surface area contributed by atoms with Gasteiger partial charge in [-0.25, -0.2) is 4.39 Å². The van der Waals surface area contributed by atoms with E-state index in [1.165, 1.54) is 12.1 Å². The minimum atomic E-state index is -0.291. The molecule has 0 bridgehead atoms. The zero-order chi connectivity index (χ0) is 14.0. The Hall–Kier alpha value is -1.68. The van der Waals surface area contributed by atoms with Crippen LogP contribution in [-0.4, -0.2) is 5.91 Å². The van der Waals surface area contributed by atoms with Crippen molar-refractivity contribution in [1.82, 2.24) is 5.32 Å². The highest BCUT2D eigenvalue weighted by atomic mass is 32.1. The van der Waals surface area contributed by atoms with Crippen molar-refractivity contribution < 1.29 is 9.18 Å². The second-order valence-corrected chi connectivity index (χ2v) is 6.04. The van der Waals surface area contributed by atoms with Crippen LogP contribution in [0.1, 0.15) is 38.6 Å². The van der Waals surface area contributed by atoms with Crippen LogP contribution in [0.5, 0.6) is 0 Å². The molecule has 19 heavy (non-hydrogen) atoms. The molecule has 0 aliphatic rings. The number of amides is 1. The number of carbonyl (C=O) groups excluding carboxylic acids is 1. The van der Waals surface area contributed by atoms with Crippen molar-refractivity contribution in [1.29, 1.82) is 0 Å². The quantitative estimate of drug-likeness (QED) is 0.903. The zero-order valence-electron chi connectivity index (χ0n) is 11.2. The Balaban J connectivity index is 2.13. The molecule has 1 unspecified atom stereocenters. The van der Waals surface area contributed by atoms with Crippen LogP contribution >= 0.6 is 11.3 Å². The van der Waals surface area contributed by atoms with E-state index in [9.17, 15) is 9.18 Å². The molecule has 0 spiro atoms. The van der Waals surface area contributed by atoms with Gasteiger partial charge in [-0.3, -0.25) is 4.79 Å². The van der Waals surface area contributed by atoms with E-state index in [1.54, 1.807) is 23.5 Å². The number of hydrogen-bond acceptors (Lipinski definition) is 2. The van der Waals surface area contributed by atoms with E-state index in [2.05, 4.69) is 5.32 Å². The number of aryl methyl sites for hydroxylation is 2. The molecule has 1 aromatic heterocycles. The second-order valence-electron chi connectivity index (χ2n) is 4.58. The van der Waals surface area contributed by atoms with Gasteiger partial charge < -0.3 is 5.32 Å². The van der Waals surface area contributed by atoms with Gasteiger partial charge in [0.15, 0.2) is 0 Å². The van der Waals surface area contributed by atoms with Gasteiger partial charge in [0.05, 0.1) is 11.6 Å². The summed E-state index contributed by atoms with van der Waals surface area (Å²) in [6.45, 7) is 5.76. The Bertz CT molecular complexity index is 606. The standard InChI is InChI=1S/C15H16FNOS/c1-9-7-14(11(3)19-9)15(18)17-10(2)12-5-4-6-13(16)8-12/h4-8,10H,1-3H3,(H,17,18). The topological polar surface area (TPSA) is 29.1 Å². The molecular weight excluding hydrogens is 261 g/mol. The maximum absolute atomic E-state index is 13.1. The zero-order valence-corrected chi connectivity index (χ0v) is 12.0. The minimum absolute atomic E-state index is 0.112. The molecule has 2 nitrogen and oxygen atoms in total. The molecule has 2 aromatic rings. The van der Waals surface area contributed by atoms with Crippen LogP contribution in [-0.2, 0) is 0 Å². The second kappa shape index (κ2) is 5.53. The Morgan fingerprint density at radius 1 is 1.32 bits per heavy atom. The Morgan fingerprint density at radius 3 is 2.63 bits per heavy atom. The first-order valence-electron chi connectivity index (χ1n) is 6.10. The van der Waals surface area contributed by atoms with Gasteiger partial charge in [0.1, 0.15) is 5.82 Å². The van der Waals surface area contributed by atoms with Crippen LogP contribution in [0.3, 0.4) is 0 Å². The lowest BCUT2D eigenvalue weighted by atomic mass is 10.1. The molecule has 100 valence electrons. The van der Waals surface area contributed by atoms with E-state index >= 15 is 0 Å². The molecule has 0 aliphatic heterocycles. The number of thiophene rings is 1. The summed E-state index contributed by atoms with van der Waals surface area (Å²) in [6.07, 6.45) is 0. The summed E-state index contributed by atoms with van der Waals surface area (Å²) in [4.78, 5) is 14.3. The number of benzene rings is 1. The molecule has 0 saturated heterocycles. The van der Waals surface area contributed by atoms with Gasteiger partial charge in [-0.15, -0.1) is 11.3 Å². The fourth-order valence-corrected chi connectivity index (χ4v) is 2.91. The summed E-state index contributed by atoms with van der Waals surface area (Å²) in [5.41, 5.74) is 1.46. The van der Waals surface area contributed by atoms with Crippen molar-refractivity contribution in [2.24, 2.45) is 0 Å². The normalized spacial score (nSPS) is 12.2. The van der Waals surface area contributed by atoms with Gasteiger partial charge in [-0.05, 0) is 44.5 Å². The van der Waals surface area contributed by atoms with Crippen molar-refractivity contribution in [3.8, 4) is 0 Å². The number of rotatable bonds is 3. The van der Waals surface area contributed by atoms with Crippen molar-refractivity contribution >= 4 is 17.2 Å². The van der Waals surface area contributed by atoms with Crippen molar-refractivity contribution in [2.75, 3.05) is 0 Å². The number of hydrogen-bond donors (Lipinski definition) is 1. The lowest BCUT2D eigenvalue weighted by molar-refractivity contribution is 0.0939. The maximum Gasteiger partial charge on any atom is 0.252 e. The largest absolute Gasteiger partial charge is 0.345 e. The third-order valence-electron chi connectivity index (χ3n) is 2.98. The van der Waals surface area contributed by atoms with Gasteiger partial charge in [-0.2, -0.15) is 0 Å². The van der Waals surface area contributed by atoms with E-state index in [0.717, 1.165) is 15.3 Å². The van der Waals surface area contributed by atoms with Crippen LogP contribution < -0.4 is 5.32 Å². The number of halogens is 1. The third kappa shape index (κ3) is 3.20. The van der Waals surface area contributed by atoms with E-state index in [0.29, 0.717) is 5.56 Å². The average Bonchev–Trinajstić information content (AvgIpc) is 2.68. The first-order chi connectivity index (χ1) is 8.97. The van der Waals surface area contributed by atoms with Crippen molar-refractivity contribution in [3.63, 3.8) is 0 Å². The molecule has 0 saturated carbocycles. The predicted molar refractivity (Wildman–Crippen MR) is 76.1 cm³/mol. The fourth-order valence-electron chi connectivity index (χ4n) is 1.99. The van der Waals surface area contributed by atoms with E-state index in [4.69, 9.17) is 0 Å². The molecule has 4 heteroatoms. The van der Waals surface area contributed by atoms with Crippen LogP contribution in [0, 0.1) is 19.7 Å². The lowest BCUT2D eigenvalue weighted by Crippen LogP contribution is -2.26. The van der Waals surface area contributed by atoms with Gasteiger partial charge in [0, 0.05) is 9.75 Å². The highest BCUT2D eigenvalue weighted by Gasteiger charge is 2.15. The summed E-state index contributed by atoms with van der Waals surface area (Å²) >= 11 is 1.60. The third-order valence-corrected chi connectivity index (χ3v) is 3.95. The summed E-state index contributed by atoms with van der Waals surface area (Å²) in [5.74, 6) is -0.403. The van der Waals surface area contributed by atoms with Crippen LogP contribution in [0.15, 0.2) is 30.3 Å². The first kappa shape index (κ1) is 13.7. The van der Waals surface area contributed by atoms with E-state index in [1.807, 2.05) is 26.8 Å². The molecule has 1 N–H and O–H groups in total. The Kier molecular flexibility index (Phi) is 4.00. The minimum Gasteiger partial charge on any atom is -0.345 e. The molecule has 0 aliphatic carbocycles. The van der Waals surface area contributed by atoms with Gasteiger partial charge >= 0.3 is 0 Å². The molecule has 1 atom stereocenters. The molecule has 1 heterocycles. The predicted octanol–water partition coefficient (Wildman–Crippen LogP) is 4.00. The summed E-state index contributed by atoms with van der Waals surface area (Å²) < 4.78 is 13.1. The molecule has 0 fully saturated rings. The van der Waals surface area contributed by atoms with Crippen LogP contribution in [0.4, 0.5) is 4.39 Å². The SMILES string of the molecule is Cc1cc(C(=O)NC(C)c2cccc(F)c2)c(C)s1. The number of nitrogens with one attached hydrogen (secondary N) is 1. The summed E-state index contributed by atoms with van der Waals surface area (Å²) in [5, 5.41) is 2.89. The Morgan fingerprint density at radius 2 is 2.05 bits per heavy atom. The van der Waals surface area contributed by atoms with Crippen LogP contribution in [0.2, 0.25) is 0 Å². The van der Waals surface area contributed by atoms with Crippen molar-refractivity contribution in [3.05, 3.63) is 57.0 Å². The van der Waals surface area contributed by atoms with Crippen molar-refractivity contribution in [2.45, 2.75) is 26.8 Å². The van der Waals surface area contributed by atoms with E-state index in [-0.39, 0.29) is 17.8 Å². The smallest absolute Gasteiger partial charge is 0.252 e. The molecule has 1 aromatic carbocycles. The van der Waals surface area contributed by atoms with Gasteiger partial charge in [0.2, 0.25) is 0 Å². The highest BCUT2D eigenvalue weighted by Crippen LogP contribution is 2.21. The first-order valence-corrected chi connectivity index (χ1v) is 6.92. The molecule has 0 radical (unpaired) electrons. The monoisotopic (exact) mass is 277 g/mol. The fraction of sp³-hybridized carbons (Fsp3) is 0.267. The highest BCUT2D eigenvalue weighted by molar-refractivity contribution is 7.12. The van der Waals surface area contributed by atoms with Gasteiger partial charge in [-0.1, -0.05) is 12.1 Å². The molecule has 2 rings (SSSR count). The average molecular weight is 277 g/mol. The van der Waals surface area contributed by atoms with E-state index < -0.39 is 0 Å². The van der Waals surface area contributed by atoms with Gasteiger partial charge in [0.25, 0.3) is 5.91 Å². The summed E-state index contributed by atoms with van der Waals surface area (Å²) in [7, 11) is 0.